The Hall–Kier alpha value is -1.81. The minimum atomic E-state index is 0.0814. The van der Waals surface area contributed by atoms with Crippen LogP contribution in [-0.4, -0.2) is 10.8 Å². The summed E-state index contributed by atoms with van der Waals surface area (Å²) in [6.45, 7) is 4.06. The lowest BCUT2D eigenvalue weighted by atomic mass is 10.1. The summed E-state index contributed by atoms with van der Waals surface area (Å²) in [6.07, 6.45) is 1.77. The maximum Gasteiger partial charge on any atom is 0.125 e. The first kappa shape index (κ1) is 13.6. The molecule has 2 rings (SSSR count). The summed E-state index contributed by atoms with van der Waals surface area (Å²) in [7, 11) is 0. The van der Waals surface area contributed by atoms with E-state index in [9.17, 15) is 0 Å². The molecule has 0 radical (unpaired) electrons. The third-order valence-corrected chi connectivity index (χ3v) is 4.06. The molecule has 0 fully saturated rings. The zero-order valence-corrected chi connectivity index (χ0v) is 11.9. The maximum atomic E-state index is 7.67. The van der Waals surface area contributed by atoms with E-state index in [1.807, 2.05) is 25.1 Å². The molecule has 3 nitrogen and oxygen atoms in total. The quantitative estimate of drug-likeness (QED) is 0.509. The van der Waals surface area contributed by atoms with Gasteiger partial charge in [-0.25, -0.2) is 4.98 Å². The SMILES string of the molecule is Cc1ccccc1CSc1nccc(C)c1C(=N)N. The fraction of sp³-hybridized carbons (Fsp3) is 0.200. The first-order chi connectivity index (χ1) is 9.09. The van der Waals surface area contributed by atoms with Gasteiger partial charge in [-0.1, -0.05) is 24.3 Å². The van der Waals surface area contributed by atoms with Gasteiger partial charge in [-0.3, -0.25) is 5.41 Å². The molecule has 1 aromatic carbocycles. The number of nitrogen functional groups attached to an aromatic ring is 1. The Morgan fingerprint density at radius 2 is 1.95 bits per heavy atom. The summed E-state index contributed by atoms with van der Waals surface area (Å²) < 4.78 is 0. The summed E-state index contributed by atoms with van der Waals surface area (Å²) in [4.78, 5) is 4.35. The van der Waals surface area contributed by atoms with Gasteiger partial charge in [0.1, 0.15) is 10.9 Å². The zero-order valence-electron chi connectivity index (χ0n) is 11.1. The van der Waals surface area contributed by atoms with E-state index < -0.39 is 0 Å². The average Bonchev–Trinajstić information content (AvgIpc) is 2.37. The van der Waals surface area contributed by atoms with Gasteiger partial charge in [0.05, 0.1) is 5.56 Å². The molecule has 3 N–H and O–H groups in total. The first-order valence-corrected chi connectivity index (χ1v) is 7.05. The standard InChI is InChI=1S/C15H17N3S/c1-10-5-3-4-6-12(10)9-19-15-13(14(16)17)11(2)7-8-18-15/h3-8H,9H2,1-2H3,(H3,16,17). The number of hydrogen-bond donors (Lipinski definition) is 2. The molecular formula is C15H17N3S. The number of nitrogens with one attached hydrogen (secondary N) is 1. The van der Waals surface area contributed by atoms with Crippen molar-refractivity contribution in [3.63, 3.8) is 0 Å². The van der Waals surface area contributed by atoms with Gasteiger partial charge in [-0.2, -0.15) is 0 Å². The second kappa shape index (κ2) is 5.89. The summed E-state index contributed by atoms with van der Waals surface area (Å²) in [5.41, 5.74) is 9.94. The van der Waals surface area contributed by atoms with Crippen LogP contribution in [0.2, 0.25) is 0 Å². The van der Waals surface area contributed by atoms with Gasteiger partial charge in [-0.05, 0) is 36.6 Å². The highest BCUT2D eigenvalue weighted by Gasteiger charge is 2.11. The van der Waals surface area contributed by atoms with Crippen molar-refractivity contribution in [3.05, 3.63) is 58.8 Å². The van der Waals surface area contributed by atoms with E-state index >= 15 is 0 Å². The van der Waals surface area contributed by atoms with Crippen LogP contribution in [0.15, 0.2) is 41.6 Å². The minimum Gasteiger partial charge on any atom is -0.384 e. The topological polar surface area (TPSA) is 62.8 Å². The lowest BCUT2D eigenvalue weighted by Crippen LogP contribution is -2.15. The largest absolute Gasteiger partial charge is 0.384 e. The maximum absolute atomic E-state index is 7.67. The highest BCUT2D eigenvalue weighted by molar-refractivity contribution is 7.98. The van der Waals surface area contributed by atoms with E-state index in [0.717, 1.165) is 21.9 Å². The highest BCUT2D eigenvalue weighted by atomic mass is 32.2. The number of pyridine rings is 1. The number of amidine groups is 1. The Bertz CT molecular complexity index is 608. The molecule has 0 saturated heterocycles. The minimum absolute atomic E-state index is 0.0814. The lowest BCUT2D eigenvalue weighted by molar-refractivity contribution is 1.08. The molecule has 0 aliphatic rings. The molecule has 0 aliphatic heterocycles. The number of thioether (sulfide) groups is 1. The summed E-state index contributed by atoms with van der Waals surface area (Å²) in [5.74, 6) is 0.918. The van der Waals surface area contributed by atoms with Crippen molar-refractivity contribution >= 4 is 17.6 Å². The Morgan fingerprint density at radius 3 is 2.63 bits per heavy atom. The van der Waals surface area contributed by atoms with Crippen molar-refractivity contribution in [2.75, 3.05) is 0 Å². The number of nitrogens with zero attached hydrogens (tertiary/aromatic N) is 1. The number of rotatable bonds is 4. The first-order valence-electron chi connectivity index (χ1n) is 6.07. The molecular weight excluding hydrogens is 254 g/mol. The van der Waals surface area contributed by atoms with Crippen LogP contribution in [0.25, 0.3) is 0 Å². The van der Waals surface area contributed by atoms with Crippen molar-refractivity contribution in [2.24, 2.45) is 5.73 Å². The monoisotopic (exact) mass is 271 g/mol. The molecule has 0 atom stereocenters. The van der Waals surface area contributed by atoms with Crippen molar-refractivity contribution in [2.45, 2.75) is 24.6 Å². The number of aryl methyl sites for hydroxylation is 2. The molecule has 0 spiro atoms. The molecule has 0 bridgehead atoms. The summed E-state index contributed by atoms with van der Waals surface area (Å²) in [5, 5.41) is 8.50. The van der Waals surface area contributed by atoms with Gasteiger partial charge in [-0.15, -0.1) is 11.8 Å². The van der Waals surface area contributed by atoms with Crippen LogP contribution in [0, 0.1) is 19.3 Å². The van der Waals surface area contributed by atoms with Gasteiger partial charge in [0.2, 0.25) is 0 Å². The van der Waals surface area contributed by atoms with Crippen LogP contribution in [-0.2, 0) is 5.75 Å². The number of aromatic nitrogens is 1. The smallest absolute Gasteiger partial charge is 0.125 e. The molecule has 0 saturated carbocycles. The fourth-order valence-electron chi connectivity index (χ4n) is 1.89. The van der Waals surface area contributed by atoms with Gasteiger partial charge in [0, 0.05) is 11.9 Å². The third-order valence-electron chi connectivity index (χ3n) is 3.02. The van der Waals surface area contributed by atoms with Crippen LogP contribution in [0.1, 0.15) is 22.3 Å². The molecule has 0 unspecified atom stereocenters. The predicted octanol–water partition coefficient (Wildman–Crippen LogP) is 3.27. The predicted molar refractivity (Wildman–Crippen MR) is 80.7 cm³/mol. The van der Waals surface area contributed by atoms with E-state index in [0.29, 0.717) is 0 Å². The Morgan fingerprint density at radius 1 is 1.21 bits per heavy atom. The van der Waals surface area contributed by atoms with Gasteiger partial charge in [0.25, 0.3) is 0 Å². The fourth-order valence-corrected chi connectivity index (χ4v) is 3.06. The van der Waals surface area contributed by atoms with Crippen LogP contribution in [0.5, 0.6) is 0 Å². The van der Waals surface area contributed by atoms with Gasteiger partial charge >= 0.3 is 0 Å². The van der Waals surface area contributed by atoms with E-state index in [4.69, 9.17) is 11.1 Å². The molecule has 1 heterocycles. The molecule has 0 amide bonds. The van der Waals surface area contributed by atoms with Crippen molar-refractivity contribution in [3.8, 4) is 0 Å². The Kier molecular flexibility index (Phi) is 4.22. The van der Waals surface area contributed by atoms with Crippen LogP contribution >= 0.6 is 11.8 Å². The van der Waals surface area contributed by atoms with Gasteiger partial charge < -0.3 is 5.73 Å². The van der Waals surface area contributed by atoms with E-state index in [-0.39, 0.29) is 5.84 Å². The molecule has 1 aromatic heterocycles. The van der Waals surface area contributed by atoms with E-state index in [1.165, 1.54) is 11.1 Å². The molecule has 2 aromatic rings. The molecule has 98 valence electrons. The van der Waals surface area contributed by atoms with E-state index in [1.54, 1.807) is 18.0 Å². The van der Waals surface area contributed by atoms with Crippen LogP contribution in [0.3, 0.4) is 0 Å². The van der Waals surface area contributed by atoms with Crippen molar-refractivity contribution in [1.29, 1.82) is 5.41 Å². The lowest BCUT2D eigenvalue weighted by Gasteiger charge is -2.10. The highest BCUT2D eigenvalue weighted by Crippen LogP contribution is 2.26. The number of benzene rings is 1. The van der Waals surface area contributed by atoms with Gasteiger partial charge in [0.15, 0.2) is 0 Å². The molecule has 4 heteroatoms. The molecule has 0 aliphatic carbocycles. The van der Waals surface area contributed by atoms with Crippen LogP contribution in [0.4, 0.5) is 0 Å². The number of hydrogen-bond acceptors (Lipinski definition) is 3. The normalized spacial score (nSPS) is 10.4. The second-order valence-electron chi connectivity index (χ2n) is 4.44. The average molecular weight is 271 g/mol. The summed E-state index contributed by atoms with van der Waals surface area (Å²) >= 11 is 1.62. The van der Waals surface area contributed by atoms with Crippen molar-refractivity contribution in [1.82, 2.24) is 4.98 Å². The number of nitrogens with two attached hydrogens (primary N) is 1. The Labute approximate surface area is 117 Å². The third kappa shape index (κ3) is 3.15. The van der Waals surface area contributed by atoms with E-state index in [2.05, 4.69) is 24.0 Å². The van der Waals surface area contributed by atoms with Crippen LogP contribution < -0.4 is 5.73 Å². The van der Waals surface area contributed by atoms with Crippen molar-refractivity contribution < 1.29 is 0 Å². The summed E-state index contributed by atoms with van der Waals surface area (Å²) in [6, 6.07) is 10.2. The zero-order chi connectivity index (χ0) is 13.8. The molecule has 19 heavy (non-hydrogen) atoms. The second-order valence-corrected chi connectivity index (χ2v) is 5.40. The Balaban J connectivity index is 2.23.